The highest BCUT2D eigenvalue weighted by molar-refractivity contribution is 7.10. The smallest absolute Gasteiger partial charge is 0.303 e. The van der Waals surface area contributed by atoms with Crippen LogP contribution in [0.2, 0.25) is 0 Å². The van der Waals surface area contributed by atoms with E-state index in [1.807, 2.05) is 0 Å². The van der Waals surface area contributed by atoms with Gasteiger partial charge in [0, 0.05) is 24.0 Å². The van der Waals surface area contributed by atoms with E-state index < -0.39 is 5.97 Å². The molecule has 0 aliphatic carbocycles. The average molecular weight is 239 g/mol. The summed E-state index contributed by atoms with van der Waals surface area (Å²) in [4.78, 5) is 14.3. The largest absolute Gasteiger partial charge is 0.481 e. The first-order valence-electron chi connectivity index (χ1n) is 5.70. The van der Waals surface area contributed by atoms with Crippen LogP contribution < -0.4 is 0 Å². The van der Waals surface area contributed by atoms with E-state index in [0.717, 1.165) is 19.5 Å². The number of hydrogen-bond donors (Lipinski definition) is 1. The van der Waals surface area contributed by atoms with Crippen molar-refractivity contribution in [2.75, 3.05) is 13.1 Å². The maximum atomic E-state index is 10.6. The number of nitrogens with zero attached hydrogens (tertiary/aromatic N) is 1. The maximum Gasteiger partial charge on any atom is 0.303 e. The van der Waals surface area contributed by atoms with Crippen LogP contribution in [0.3, 0.4) is 0 Å². The monoisotopic (exact) mass is 239 g/mol. The summed E-state index contributed by atoms with van der Waals surface area (Å²) >= 11 is 1.79. The highest BCUT2D eigenvalue weighted by Crippen LogP contribution is 2.34. The van der Waals surface area contributed by atoms with Gasteiger partial charge in [0.1, 0.15) is 0 Å². The second-order valence-electron chi connectivity index (χ2n) is 4.36. The molecule has 1 atom stereocenters. The van der Waals surface area contributed by atoms with Crippen molar-refractivity contribution >= 4 is 17.3 Å². The van der Waals surface area contributed by atoms with Crippen molar-refractivity contribution in [2.45, 2.75) is 25.8 Å². The highest BCUT2D eigenvalue weighted by Gasteiger charge is 2.33. The Bertz CT molecular complexity index is 344. The summed E-state index contributed by atoms with van der Waals surface area (Å²) in [5, 5.41) is 10.8. The minimum atomic E-state index is -0.672. The predicted molar refractivity (Wildman–Crippen MR) is 64.7 cm³/mol. The molecule has 4 heteroatoms. The molecule has 0 aromatic carbocycles. The number of rotatable bonds is 5. The van der Waals surface area contributed by atoms with Gasteiger partial charge in [-0.25, -0.2) is 0 Å². The third kappa shape index (κ3) is 2.44. The Kier molecular flexibility index (Phi) is 3.61. The highest BCUT2D eigenvalue weighted by atomic mass is 32.1. The summed E-state index contributed by atoms with van der Waals surface area (Å²) in [7, 11) is 0. The quantitative estimate of drug-likeness (QED) is 0.858. The summed E-state index contributed by atoms with van der Waals surface area (Å²) in [5.41, 5.74) is 0. The first kappa shape index (κ1) is 11.6. The van der Waals surface area contributed by atoms with Crippen molar-refractivity contribution in [1.82, 2.24) is 4.90 Å². The summed E-state index contributed by atoms with van der Waals surface area (Å²) in [6.45, 7) is 4.06. The molecule has 0 amide bonds. The molecule has 1 fully saturated rings. The molecule has 16 heavy (non-hydrogen) atoms. The lowest BCUT2D eigenvalue weighted by atomic mass is 9.93. The minimum Gasteiger partial charge on any atom is -0.481 e. The second-order valence-corrected chi connectivity index (χ2v) is 5.34. The number of hydrogen-bond acceptors (Lipinski definition) is 3. The van der Waals surface area contributed by atoms with E-state index in [-0.39, 0.29) is 0 Å². The topological polar surface area (TPSA) is 40.5 Å². The normalized spacial score (nSPS) is 19.3. The van der Waals surface area contributed by atoms with Crippen molar-refractivity contribution < 1.29 is 9.90 Å². The minimum absolute atomic E-state index is 0.317. The fraction of sp³-hybridized carbons (Fsp3) is 0.583. The molecule has 88 valence electrons. The Morgan fingerprint density at radius 3 is 2.94 bits per heavy atom. The van der Waals surface area contributed by atoms with E-state index in [9.17, 15) is 4.79 Å². The molecule has 0 spiro atoms. The van der Waals surface area contributed by atoms with Gasteiger partial charge in [0.05, 0.1) is 6.42 Å². The van der Waals surface area contributed by atoms with Gasteiger partial charge in [-0.1, -0.05) is 13.0 Å². The molecule has 1 saturated heterocycles. The van der Waals surface area contributed by atoms with Crippen molar-refractivity contribution in [2.24, 2.45) is 5.92 Å². The zero-order chi connectivity index (χ0) is 11.5. The van der Waals surface area contributed by atoms with Crippen LogP contribution in [-0.2, 0) is 4.79 Å². The van der Waals surface area contributed by atoms with E-state index in [0.29, 0.717) is 18.4 Å². The van der Waals surface area contributed by atoms with E-state index in [1.54, 1.807) is 11.3 Å². The molecule has 1 unspecified atom stereocenters. The summed E-state index contributed by atoms with van der Waals surface area (Å²) in [6.07, 6.45) is 1.41. The first-order valence-corrected chi connectivity index (χ1v) is 6.58. The van der Waals surface area contributed by atoms with Crippen LogP contribution in [0.25, 0.3) is 0 Å². The van der Waals surface area contributed by atoms with Gasteiger partial charge >= 0.3 is 5.97 Å². The second kappa shape index (κ2) is 4.97. The lowest BCUT2D eigenvalue weighted by Gasteiger charge is -2.43. The molecule has 1 aliphatic heterocycles. The Labute approximate surface area is 99.7 Å². The van der Waals surface area contributed by atoms with Crippen molar-refractivity contribution in [1.29, 1.82) is 0 Å². The Hall–Kier alpha value is -0.870. The molecule has 0 radical (unpaired) electrons. The molecule has 1 aromatic heterocycles. The third-order valence-corrected chi connectivity index (χ3v) is 4.12. The van der Waals surface area contributed by atoms with Gasteiger partial charge in [-0.15, -0.1) is 11.3 Å². The predicted octanol–water partition coefficient (Wildman–Crippen LogP) is 2.61. The first-order chi connectivity index (χ1) is 7.70. The molecule has 3 nitrogen and oxygen atoms in total. The van der Waals surface area contributed by atoms with Crippen LogP contribution in [0.5, 0.6) is 0 Å². The summed E-state index contributed by atoms with van der Waals surface area (Å²) in [5.74, 6) is -0.319. The average Bonchev–Trinajstić information content (AvgIpc) is 2.67. The van der Waals surface area contributed by atoms with Crippen molar-refractivity contribution in [3.8, 4) is 0 Å². The molecule has 1 aliphatic rings. The van der Waals surface area contributed by atoms with Gasteiger partial charge in [0.15, 0.2) is 0 Å². The molecule has 0 bridgehead atoms. The standard InChI is InChI=1S/C12H17NO2S/c1-2-10(11-4-3-5-16-11)13-7-9(8-13)6-12(14)15/h3-5,9-10H,2,6-8H2,1H3,(H,14,15). The lowest BCUT2D eigenvalue weighted by Crippen LogP contribution is -2.48. The van der Waals surface area contributed by atoms with Crippen LogP contribution in [0.4, 0.5) is 0 Å². The molecule has 0 saturated carbocycles. The van der Waals surface area contributed by atoms with Gasteiger partial charge in [-0.3, -0.25) is 9.69 Å². The van der Waals surface area contributed by atoms with Gasteiger partial charge < -0.3 is 5.11 Å². The van der Waals surface area contributed by atoms with Crippen LogP contribution in [-0.4, -0.2) is 29.1 Å². The van der Waals surface area contributed by atoms with E-state index in [2.05, 4.69) is 29.3 Å². The zero-order valence-corrected chi connectivity index (χ0v) is 10.2. The molecule has 1 N–H and O–H groups in total. The van der Waals surface area contributed by atoms with Crippen molar-refractivity contribution in [3.05, 3.63) is 22.4 Å². The van der Waals surface area contributed by atoms with Gasteiger partial charge in [-0.2, -0.15) is 0 Å². The molecular formula is C12H17NO2S. The summed E-state index contributed by atoms with van der Waals surface area (Å²) < 4.78 is 0. The zero-order valence-electron chi connectivity index (χ0n) is 9.43. The van der Waals surface area contributed by atoms with E-state index in [1.165, 1.54) is 4.88 Å². The maximum absolute atomic E-state index is 10.6. The third-order valence-electron chi connectivity index (χ3n) is 3.15. The number of carboxylic acid groups (broad SMARTS) is 1. The number of aliphatic carboxylic acids is 1. The molecule has 2 heterocycles. The Morgan fingerprint density at radius 2 is 2.44 bits per heavy atom. The SMILES string of the molecule is CCC(c1cccs1)N1CC(CC(=O)O)C1. The number of carbonyl (C=O) groups is 1. The van der Waals surface area contributed by atoms with Crippen LogP contribution in [0.1, 0.15) is 30.7 Å². The number of likely N-dealkylation sites (tertiary alicyclic amines) is 1. The number of carboxylic acids is 1. The summed E-state index contributed by atoms with van der Waals surface area (Å²) in [6, 6.07) is 4.74. The lowest BCUT2D eigenvalue weighted by molar-refractivity contribution is -0.139. The van der Waals surface area contributed by atoms with Gasteiger partial charge in [0.2, 0.25) is 0 Å². The Balaban J connectivity index is 1.88. The van der Waals surface area contributed by atoms with Crippen LogP contribution >= 0.6 is 11.3 Å². The molecular weight excluding hydrogens is 222 g/mol. The van der Waals surface area contributed by atoms with Crippen molar-refractivity contribution in [3.63, 3.8) is 0 Å². The van der Waals surface area contributed by atoms with E-state index in [4.69, 9.17) is 5.11 Å². The van der Waals surface area contributed by atoms with Gasteiger partial charge in [0.25, 0.3) is 0 Å². The molecule has 1 aromatic rings. The van der Waals surface area contributed by atoms with Crippen LogP contribution in [0, 0.1) is 5.92 Å². The fourth-order valence-electron chi connectivity index (χ4n) is 2.36. The molecule has 2 rings (SSSR count). The number of thiophene rings is 1. The van der Waals surface area contributed by atoms with Gasteiger partial charge in [-0.05, 0) is 23.8 Å². The van der Waals surface area contributed by atoms with E-state index >= 15 is 0 Å². The Morgan fingerprint density at radius 1 is 1.69 bits per heavy atom. The van der Waals surface area contributed by atoms with Crippen LogP contribution in [0.15, 0.2) is 17.5 Å². The fourth-order valence-corrected chi connectivity index (χ4v) is 3.30.